The van der Waals surface area contributed by atoms with E-state index in [2.05, 4.69) is 36.9 Å². The molecule has 1 saturated carbocycles. The molecule has 0 saturated heterocycles. The van der Waals surface area contributed by atoms with Crippen molar-refractivity contribution in [1.82, 2.24) is 4.90 Å². The summed E-state index contributed by atoms with van der Waals surface area (Å²) in [6.07, 6.45) is 6.67. The molecule has 1 aliphatic rings. The molecule has 0 bridgehead atoms. The molecule has 2 heteroatoms. The summed E-state index contributed by atoms with van der Waals surface area (Å²) in [5.74, 6) is 0. The monoisotopic (exact) mass is 261 g/mol. The van der Waals surface area contributed by atoms with Gasteiger partial charge in [0.05, 0.1) is 6.61 Å². The summed E-state index contributed by atoms with van der Waals surface area (Å²) in [4.78, 5) is 2.48. The first kappa shape index (κ1) is 14.5. The van der Waals surface area contributed by atoms with Gasteiger partial charge in [-0.05, 0) is 43.4 Å². The van der Waals surface area contributed by atoms with E-state index >= 15 is 0 Å². The van der Waals surface area contributed by atoms with Crippen LogP contribution in [0.25, 0.3) is 0 Å². The van der Waals surface area contributed by atoms with Crippen molar-refractivity contribution < 1.29 is 5.11 Å². The van der Waals surface area contributed by atoms with Crippen LogP contribution in [-0.2, 0) is 6.54 Å². The molecule has 0 heterocycles. The van der Waals surface area contributed by atoms with Gasteiger partial charge in [-0.15, -0.1) is 0 Å². The van der Waals surface area contributed by atoms with Gasteiger partial charge in [-0.25, -0.2) is 0 Å². The second-order valence-electron chi connectivity index (χ2n) is 5.90. The minimum absolute atomic E-state index is 0.265. The zero-order valence-electron chi connectivity index (χ0n) is 12.4. The predicted molar refractivity (Wildman–Crippen MR) is 80.3 cm³/mol. The fourth-order valence-electron chi connectivity index (χ4n) is 3.10. The summed E-state index contributed by atoms with van der Waals surface area (Å²) in [6, 6.07) is 7.41. The van der Waals surface area contributed by atoms with Crippen molar-refractivity contribution in [3.63, 3.8) is 0 Å². The molecule has 1 aliphatic carbocycles. The number of aryl methyl sites for hydroxylation is 2. The Bertz CT molecular complexity index is 396. The largest absolute Gasteiger partial charge is 0.395 e. The normalized spacial score (nSPS) is 17.1. The SMILES string of the molecule is Cc1ccc(CN(CCO)C2CCCCC2)cc1C. The Hall–Kier alpha value is -0.860. The van der Waals surface area contributed by atoms with Crippen LogP contribution in [0.15, 0.2) is 18.2 Å². The van der Waals surface area contributed by atoms with Crippen LogP contribution in [0.2, 0.25) is 0 Å². The molecule has 0 aromatic heterocycles. The first-order chi connectivity index (χ1) is 9.20. The number of aliphatic hydroxyl groups excluding tert-OH is 1. The smallest absolute Gasteiger partial charge is 0.0558 e. The Labute approximate surface area is 117 Å². The highest BCUT2D eigenvalue weighted by Gasteiger charge is 2.20. The van der Waals surface area contributed by atoms with Gasteiger partial charge >= 0.3 is 0 Å². The first-order valence-corrected chi connectivity index (χ1v) is 7.61. The number of nitrogens with zero attached hydrogens (tertiary/aromatic N) is 1. The van der Waals surface area contributed by atoms with Crippen molar-refractivity contribution in [3.8, 4) is 0 Å². The van der Waals surface area contributed by atoms with Crippen molar-refractivity contribution in [2.45, 2.75) is 58.5 Å². The Morgan fingerprint density at radius 2 is 1.84 bits per heavy atom. The highest BCUT2D eigenvalue weighted by molar-refractivity contribution is 5.29. The van der Waals surface area contributed by atoms with Crippen LogP contribution < -0.4 is 0 Å². The van der Waals surface area contributed by atoms with Crippen molar-refractivity contribution in [1.29, 1.82) is 0 Å². The second-order valence-corrected chi connectivity index (χ2v) is 5.90. The maximum absolute atomic E-state index is 9.30. The third kappa shape index (κ3) is 4.05. The van der Waals surface area contributed by atoms with E-state index in [-0.39, 0.29) is 6.61 Å². The maximum atomic E-state index is 9.30. The minimum atomic E-state index is 0.265. The van der Waals surface area contributed by atoms with E-state index in [0.717, 1.165) is 13.1 Å². The van der Waals surface area contributed by atoms with Gasteiger partial charge in [0.15, 0.2) is 0 Å². The van der Waals surface area contributed by atoms with E-state index in [0.29, 0.717) is 6.04 Å². The molecular formula is C17H27NO. The van der Waals surface area contributed by atoms with E-state index in [9.17, 15) is 5.11 Å². The molecule has 106 valence electrons. The van der Waals surface area contributed by atoms with Gasteiger partial charge in [-0.2, -0.15) is 0 Å². The first-order valence-electron chi connectivity index (χ1n) is 7.61. The van der Waals surface area contributed by atoms with Crippen molar-refractivity contribution in [2.24, 2.45) is 0 Å². The molecule has 2 rings (SSSR count). The van der Waals surface area contributed by atoms with E-state index < -0.39 is 0 Å². The zero-order valence-corrected chi connectivity index (χ0v) is 12.4. The summed E-state index contributed by atoms with van der Waals surface area (Å²) in [5, 5.41) is 9.30. The van der Waals surface area contributed by atoms with Crippen LogP contribution in [0.1, 0.15) is 48.8 Å². The van der Waals surface area contributed by atoms with Gasteiger partial charge in [-0.1, -0.05) is 37.5 Å². The van der Waals surface area contributed by atoms with E-state index in [4.69, 9.17) is 0 Å². The Balaban J connectivity index is 2.04. The lowest BCUT2D eigenvalue weighted by Gasteiger charge is -2.34. The zero-order chi connectivity index (χ0) is 13.7. The maximum Gasteiger partial charge on any atom is 0.0558 e. The van der Waals surface area contributed by atoms with Crippen LogP contribution in [0, 0.1) is 13.8 Å². The summed E-state index contributed by atoms with van der Waals surface area (Å²) in [6.45, 7) is 6.38. The van der Waals surface area contributed by atoms with Gasteiger partial charge < -0.3 is 5.11 Å². The summed E-state index contributed by atoms with van der Waals surface area (Å²) < 4.78 is 0. The molecule has 1 fully saturated rings. The third-order valence-electron chi connectivity index (χ3n) is 4.44. The summed E-state index contributed by atoms with van der Waals surface area (Å²) >= 11 is 0. The number of aliphatic hydroxyl groups is 1. The highest BCUT2D eigenvalue weighted by atomic mass is 16.3. The highest BCUT2D eigenvalue weighted by Crippen LogP contribution is 2.24. The standard InChI is InChI=1S/C17H27NO/c1-14-8-9-16(12-15(14)2)13-18(10-11-19)17-6-4-3-5-7-17/h8-9,12,17,19H,3-7,10-11,13H2,1-2H3. The Morgan fingerprint density at radius 3 is 2.47 bits per heavy atom. The molecule has 0 radical (unpaired) electrons. The number of benzene rings is 1. The van der Waals surface area contributed by atoms with Gasteiger partial charge in [-0.3, -0.25) is 4.90 Å². The van der Waals surface area contributed by atoms with Crippen LogP contribution in [0.3, 0.4) is 0 Å². The summed E-state index contributed by atoms with van der Waals surface area (Å²) in [5.41, 5.74) is 4.10. The van der Waals surface area contributed by atoms with Gasteiger partial charge in [0.1, 0.15) is 0 Å². The molecule has 2 nitrogen and oxygen atoms in total. The molecule has 0 atom stereocenters. The molecule has 0 amide bonds. The molecule has 0 spiro atoms. The lowest BCUT2D eigenvalue weighted by Crippen LogP contribution is -2.38. The molecule has 1 N–H and O–H groups in total. The fourth-order valence-corrected chi connectivity index (χ4v) is 3.10. The molecule has 0 unspecified atom stereocenters. The Morgan fingerprint density at radius 1 is 1.11 bits per heavy atom. The van der Waals surface area contributed by atoms with Crippen LogP contribution in [0.4, 0.5) is 0 Å². The number of hydrogen-bond donors (Lipinski definition) is 1. The van der Waals surface area contributed by atoms with E-state index in [1.54, 1.807) is 0 Å². The van der Waals surface area contributed by atoms with Crippen LogP contribution in [-0.4, -0.2) is 29.2 Å². The van der Waals surface area contributed by atoms with Gasteiger partial charge in [0.2, 0.25) is 0 Å². The average molecular weight is 261 g/mol. The topological polar surface area (TPSA) is 23.5 Å². The second kappa shape index (κ2) is 7.06. The fraction of sp³-hybridized carbons (Fsp3) is 0.647. The average Bonchev–Trinajstić information content (AvgIpc) is 2.43. The lowest BCUT2D eigenvalue weighted by atomic mass is 9.93. The van der Waals surface area contributed by atoms with Crippen molar-refractivity contribution in [2.75, 3.05) is 13.2 Å². The van der Waals surface area contributed by atoms with E-state index in [1.165, 1.54) is 48.8 Å². The van der Waals surface area contributed by atoms with E-state index in [1.807, 2.05) is 0 Å². The Kier molecular flexibility index (Phi) is 5.41. The molecular weight excluding hydrogens is 234 g/mol. The molecule has 1 aromatic rings. The molecule has 1 aromatic carbocycles. The number of rotatable bonds is 5. The van der Waals surface area contributed by atoms with Gasteiger partial charge in [0, 0.05) is 19.1 Å². The van der Waals surface area contributed by atoms with Gasteiger partial charge in [0.25, 0.3) is 0 Å². The molecule has 0 aliphatic heterocycles. The van der Waals surface area contributed by atoms with Crippen molar-refractivity contribution in [3.05, 3.63) is 34.9 Å². The summed E-state index contributed by atoms with van der Waals surface area (Å²) in [7, 11) is 0. The quantitative estimate of drug-likeness (QED) is 0.878. The van der Waals surface area contributed by atoms with Crippen LogP contribution >= 0.6 is 0 Å². The minimum Gasteiger partial charge on any atom is -0.395 e. The predicted octanol–water partition coefficient (Wildman–Crippen LogP) is 3.43. The number of hydrogen-bond acceptors (Lipinski definition) is 2. The molecule has 19 heavy (non-hydrogen) atoms. The third-order valence-corrected chi connectivity index (χ3v) is 4.44. The van der Waals surface area contributed by atoms with Crippen LogP contribution in [0.5, 0.6) is 0 Å². The lowest BCUT2D eigenvalue weighted by molar-refractivity contribution is 0.117. The van der Waals surface area contributed by atoms with Crippen molar-refractivity contribution >= 4 is 0 Å².